The minimum atomic E-state index is -1.86. The fraction of sp³-hybridized carbons (Fsp3) is 0.956. The fourth-order valence-corrected chi connectivity index (χ4v) is 14.1. The SMILES string of the molecule is CC1CCC2(OC1)OC1CC3C4CC=C5CC(OC6OC(CO)C(OC7OC(CO)C(OC8OC(C)C(O)C(O)C8O)C(O)C7O)C(O)C6O)CCC5(C)C4CCC3(C)C1C2C. The van der Waals surface area contributed by atoms with Crippen molar-refractivity contribution in [2.75, 3.05) is 19.8 Å². The lowest BCUT2D eigenvalue weighted by atomic mass is 9.47. The number of hydrogen-bond donors (Lipinski definition) is 9. The van der Waals surface area contributed by atoms with Crippen molar-refractivity contribution < 1.29 is 83.9 Å². The summed E-state index contributed by atoms with van der Waals surface area (Å²) in [4.78, 5) is 0. The molecule has 5 saturated heterocycles. The molecule has 0 aromatic carbocycles. The molecule has 9 aliphatic rings. The van der Waals surface area contributed by atoms with Gasteiger partial charge in [-0.25, -0.2) is 0 Å². The summed E-state index contributed by atoms with van der Waals surface area (Å²) < 4.78 is 48.7. The van der Waals surface area contributed by atoms with E-state index in [1.807, 2.05) is 0 Å². The predicted molar refractivity (Wildman–Crippen MR) is 214 cm³/mol. The van der Waals surface area contributed by atoms with Crippen LogP contribution in [0.4, 0.5) is 0 Å². The number of aliphatic hydroxyl groups excluding tert-OH is 9. The van der Waals surface area contributed by atoms with Crippen molar-refractivity contribution in [1.29, 1.82) is 0 Å². The van der Waals surface area contributed by atoms with Gasteiger partial charge in [-0.2, -0.15) is 0 Å². The van der Waals surface area contributed by atoms with Crippen molar-refractivity contribution in [1.82, 2.24) is 0 Å². The maximum absolute atomic E-state index is 11.4. The minimum absolute atomic E-state index is 0.0174. The number of fused-ring (bicyclic) bond motifs is 7. The van der Waals surface area contributed by atoms with Gasteiger partial charge in [0.2, 0.25) is 0 Å². The van der Waals surface area contributed by atoms with E-state index in [0.717, 1.165) is 45.1 Å². The molecule has 9 N–H and O–H groups in total. The highest BCUT2D eigenvalue weighted by Crippen LogP contribution is 2.70. The second kappa shape index (κ2) is 17.3. The zero-order chi connectivity index (χ0) is 44.2. The maximum atomic E-state index is 11.4. The third-order valence-electron chi connectivity index (χ3n) is 17.7. The molecule has 5 aliphatic heterocycles. The molecule has 26 atom stereocenters. The Hall–Kier alpha value is -0.940. The van der Waals surface area contributed by atoms with Crippen LogP contribution < -0.4 is 0 Å². The second-order valence-corrected chi connectivity index (χ2v) is 21.1. The summed E-state index contributed by atoms with van der Waals surface area (Å²) in [5.74, 6) is 2.74. The third kappa shape index (κ3) is 7.49. The van der Waals surface area contributed by atoms with Crippen molar-refractivity contribution in [3.8, 4) is 0 Å². The van der Waals surface area contributed by atoms with Gasteiger partial charge in [-0.05, 0) is 98.7 Å². The first kappa shape index (κ1) is 46.2. The lowest BCUT2D eigenvalue weighted by molar-refractivity contribution is -0.380. The molecule has 0 amide bonds. The van der Waals surface area contributed by atoms with Crippen LogP contribution in [0.1, 0.15) is 92.4 Å². The monoisotopic (exact) mass is 884 g/mol. The molecular weight excluding hydrogens is 812 g/mol. The van der Waals surface area contributed by atoms with Crippen LogP contribution in [-0.2, 0) is 37.9 Å². The molecule has 62 heavy (non-hydrogen) atoms. The largest absolute Gasteiger partial charge is 0.394 e. The van der Waals surface area contributed by atoms with Crippen LogP contribution in [0.2, 0.25) is 0 Å². The average molecular weight is 885 g/mol. The number of hydrogen-bond acceptors (Lipinski definition) is 17. The molecule has 0 bridgehead atoms. The smallest absolute Gasteiger partial charge is 0.187 e. The first-order valence-electron chi connectivity index (χ1n) is 23.4. The molecule has 8 fully saturated rings. The van der Waals surface area contributed by atoms with Gasteiger partial charge in [0, 0.05) is 12.3 Å². The Bertz CT molecular complexity index is 1610. The zero-order valence-corrected chi connectivity index (χ0v) is 36.6. The normalized spacial score (nSPS) is 57.6. The van der Waals surface area contributed by atoms with Crippen molar-refractivity contribution >= 4 is 0 Å². The van der Waals surface area contributed by atoms with Crippen LogP contribution in [0.3, 0.4) is 0 Å². The predicted octanol–water partition coefficient (Wildman–Crippen LogP) is 0.214. The van der Waals surface area contributed by atoms with E-state index in [4.69, 9.17) is 37.9 Å². The Morgan fingerprint density at radius 3 is 1.90 bits per heavy atom. The Morgan fingerprint density at radius 2 is 1.29 bits per heavy atom. The summed E-state index contributed by atoms with van der Waals surface area (Å²) in [6.45, 7) is 10.4. The van der Waals surface area contributed by atoms with Gasteiger partial charge < -0.3 is 83.9 Å². The van der Waals surface area contributed by atoms with E-state index in [1.54, 1.807) is 0 Å². The summed E-state index contributed by atoms with van der Waals surface area (Å²) in [7, 11) is 0. The molecule has 1 spiro atoms. The zero-order valence-electron chi connectivity index (χ0n) is 36.6. The van der Waals surface area contributed by atoms with E-state index in [1.165, 1.54) is 25.3 Å². The van der Waals surface area contributed by atoms with Gasteiger partial charge in [0.25, 0.3) is 0 Å². The molecule has 26 unspecified atom stereocenters. The Balaban J connectivity index is 0.815. The maximum Gasteiger partial charge on any atom is 0.187 e. The van der Waals surface area contributed by atoms with Gasteiger partial charge in [-0.15, -0.1) is 0 Å². The molecule has 17 heteroatoms. The molecule has 0 aromatic heterocycles. The van der Waals surface area contributed by atoms with E-state index in [0.29, 0.717) is 41.9 Å². The van der Waals surface area contributed by atoms with E-state index in [9.17, 15) is 46.0 Å². The molecular formula is C45H72O17. The van der Waals surface area contributed by atoms with Gasteiger partial charge in [0.1, 0.15) is 67.1 Å². The third-order valence-corrected chi connectivity index (χ3v) is 17.7. The molecule has 5 heterocycles. The highest BCUT2D eigenvalue weighted by Gasteiger charge is 2.69. The van der Waals surface area contributed by atoms with Gasteiger partial charge in [0.05, 0.1) is 38.1 Å². The van der Waals surface area contributed by atoms with Gasteiger partial charge in [0.15, 0.2) is 24.7 Å². The first-order valence-corrected chi connectivity index (χ1v) is 23.4. The molecule has 9 rings (SSSR count). The topological polar surface area (TPSA) is 256 Å². The second-order valence-electron chi connectivity index (χ2n) is 21.1. The van der Waals surface area contributed by atoms with E-state index in [2.05, 4.69) is 33.8 Å². The van der Waals surface area contributed by atoms with Crippen molar-refractivity contribution in [2.45, 2.75) is 203 Å². The minimum Gasteiger partial charge on any atom is -0.394 e. The highest BCUT2D eigenvalue weighted by atomic mass is 16.8. The lowest BCUT2D eigenvalue weighted by Crippen LogP contribution is -2.66. The van der Waals surface area contributed by atoms with Crippen LogP contribution in [0.25, 0.3) is 0 Å². The van der Waals surface area contributed by atoms with Crippen molar-refractivity contribution in [2.24, 2.45) is 46.3 Å². The fourth-order valence-electron chi connectivity index (χ4n) is 14.1. The summed E-state index contributed by atoms with van der Waals surface area (Å²) >= 11 is 0. The summed E-state index contributed by atoms with van der Waals surface area (Å²) in [6.07, 6.45) is -11.5. The quantitative estimate of drug-likeness (QED) is 0.148. The van der Waals surface area contributed by atoms with Crippen LogP contribution >= 0.6 is 0 Å². The van der Waals surface area contributed by atoms with E-state index in [-0.39, 0.29) is 23.0 Å². The average Bonchev–Trinajstić information content (AvgIpc) is 3.70. The van der Waals surface area contributed by atoms with Crippen LogP contribution in [0.15, 0.2) is 11.6 Å². The van der Waals surface area contributed by atoms with Gasteiger partial charge >= 0.3 is 0 Å². The number of allylic oxidation sites excluding steroid dienone is 1. The van der Waals surface area contributed by atoms with Gasteiger partial charge in [-0.3, -0.25) is 0 Å². The van der Waals surface area contributed by atoms with Crippen LogP contribution in [-0.4, -0.2) is 176 Å². The number of rotatable bonds is 8. The standard InChI is InChI=1S/C45H72O17/c1-19-8-13-45(55-18-19)20(2)30-27(62-45)15-26-24-7-6-22-14-23(9-11-43(22,4)25(24)10-12-44(26,30)5)57-41-36(53)33(50)39(28(16-46)58-41)61-42-37(54)34(51)38(29(17-47)59-42)60-40-35(52)32(49)31(48)21(3)56-40/h6,19-21,23-42,46-54H,7-18H2,1-5H3. The Labute approximate surface area is 363 Å². The highest BCUT2D eigenvalue weighted by molar-refractivity contribution is 5.26. The number of ether oxygens (including phenoxy) is 8. The molecule has 3 saturated carbocycles. The van der Waals surface area contributed by atoms with Crippen molar-refractivity contribution in [3.05, 3.63) is 11.6 Å². The lowest BCUT2D eigenvalue weighted by Gasteiger charge is -2.58. The van der Waals surface area contributed by atoms with Gasteiger partial charge in [-0.1, -0.05) is 39.3 Å². The Morgan fingerprint density at radius 1 is 0.677 bits per heavy atom. The summed E-state index contributed by atoms with van der Waals surface area (Å²) in [5, 5.41) is 96.2. The Kier molecular flexibility index (Phi) is 12.9. The molecule has 4 aliphatic carbocycles. The number of aliphatic hydroxyl groups is 9. The van der Waals surface area contributed by atoms with Crippen LogP contribution in [0, 0.1) is 46.3 Å². The van der Waals surface area contributed by atoms with Crippen molar-refractivity contribution in [3.63, 3.8) is 0 Å². The summed E-state index contributed by atoms with van der Waals surface area (Å²) in [5.41, 5.74) is 1.60. The molecule has 0 radical (unpaired) electrons. The molecule has 354 valence electrons. The first-order chi connectivity index (χ1) is 29.4. The van der Waals surface area contributed by atoms with Crippen LogP contribution in [0.5, 0.6) is 0 Å². The molecule has 0 aromatic rings. The van der Waals surface area contributed by atoms with E-state index >= 15 is 0 Å². The summed E-state index contributed by atoms with van der Waals surface area (Å²) in [6, 6.07) is 0. The van der Waals surface area contributed by atoms with E-state index < -0.39 is 111 Å². The molecule has 17 nitrogen and oxygen atoms in total.